The van der Waals surface area contributed by atoms with Crippen LogP contribution < -0.4 is 10.5 Å². The van der Waals surface area contributed by atoms with Crippen LogP contribution in [0.3, 0.4) is 0 Å². The number of nitrogens with two attached hydrogens (primary N) is 1. The van der Waals surface area contributed by atoms with Gasteiger partial charge in [-0.3, -0.25) is 4.79 Å². The van der Waals surface area contributed by atoms with E-state index in [0.717, 1.165) is 6.92 Å². The number of rotatable bonds is 9. The van der Waals surface area contributed by atoms with Crippen LogP contribution in [-0.2, 0) is 11.4 Å². The molecule has 0 fully saturated rings. The van der Waals surface area contributed by atoms with Crippen LogP contribution in [-0.4, -0.2) is 55.2 Å². The molecule has 11 heteroatoms. The van der Waals surface area contributed by atoms with E-state index in [1.165, 1.54) is 7.11 Å². The minimum Gasteiger partial charge on any atom is -0.484 e. The lowest BCUT2D eigenvalue weighted by Crippen LogP contribution is -2.19. The first-order valence-corrected chi connectivity index (χ1v) is 10.1. The summed E-state index contributed by atoms with van der Waals surface area (Å²) in [6.45, 7) is 0.910. The van der Waals surface area contributed by atoms with Gasteiger partial charge in [-0.05, 0) is 25.1 Å². The van der Waals surface area contributed by atoms with Crippen LogP contribution in [0.5, 0.6) is 5.75 Å². The summed E-state index contributed by atoms with van der Waals surface area (Å²) in [7, 11) is 4.99. The quantitative estimate of drug-likeness (QED) is 0.221. The van der Waals surface area contributed by atoms with Crippen LogP contribution in [0.4, 0.5) is 18.9 Å². The van der Waals surface area contributed by atoms with Crippen molar-refractivity contribution in [3.05, 3.63) is 59.0 Å². The summed E-state index contributed by atoms with van der Waals surface area (Å²) in [5, 5.41) is 4.47. The predicted octanol–water partition coefficient (Wildman–Crippen LogP) is 3.77. The fourth-order valence-corrected chi connectivity index (χ4v) is 3.27. The van der Waals surface area contributed by atoms with E-state index in [1.54, 1.807) is 40.2 Å². The third-order valence-corrected chi connectivity index (χ3v) is 4.88. The van der Waals surface area contributed by atoms with Gasteiger partial charge < -0.3 is 24.8 Å². The van der Waals surface area contributed by atoms with Gasteiger partial charge in [-0.25, -0.2) is 18.2 Å². The van der Waals surface area contributed by atoms with E-state index in [0.29, 0.717) is 22.7 Å². The van der Waals surface area contributed by atoms with Crippen molar-refractivity contribution in [1.29, 1.82) is 0 Å². The van der Waals surface area contributed by atoms with E-state index in [4.69, 9.17) is 15.3 Å². The number of hydrogen-bond donors (Lipinski definition) is 1. The van der Waals surface area contributed by atoms with Gasteiger partial charge in [-0.15, -0.1) is 0 Å². The summed E-state index contributed by atoms with van der Waals surface area (Å²) in [5.41, 5.74) is 6.92. The van der Waals surface area contributed by atoms with E-state index < -0.39 is 34.7 Å². The number of nitrogens with zero attached hydrogens (tertiary/aromatic N) is 4. The molecule has 0 saturated carbocycles. The molecule has 2 aromatic carbocycles. The Balaban J connectivity index is 1.91. The smallest absolute Gasteiger partial charge is 0.250 e. The van der Waals surface area contributed by atoms with E-state index in [2.05, 4.69) is 10.1 Å². The third-order valence-electron chi connectivity index (χ3n) is 4.88. The van der Waals surface area contributed by atoms with Gasteiger partial charge in [-0.1, -0.05) is 5.16 Å². The van der Waals surface area contributed by atoms with E-state index in [-0.39, 0.29) is 24.4 Å². The number of benzene rings is 2. The predicted molar refractivity (Wildman–Crippen MR) is 123 cm³/mol. The molecule has 0 saturated heterocycles. The molecule has 180 valence electrons. The van der Waals surface area contributed by atoms with Crippen LogP contribution in [0.25, 0.3) is 10.9 Å². The van der Waals surface area contributed by atoms with Crippen molar-refractivity contribution < 1.29 is 27.5 Å². The number of aromatic nitrogens is 1. The normalized spacial score (nSPS) is 11.9. The van der Waals surface area contributed by atoms with Crippen molar-refractivity contribution in [2.24, 2.45) is 15.9 Å². The van der Waals surface area contributed by atoms with Gasteiger partial charge in [0.05, 0.1) is 24.1 Å². The van der Waals surface area contributed by atoms with E-state index in [9.17, 15) is 18.0 Å². The molecule has 0 bridgehead atoms. The summed E-state index contributed by atoms with van der Waals surface area (Å²) in [6.07, 6.45) is 3.18. The second-order valence-electron chi connectivity index (χ2n) is 7.68. The molecule has 0 aliphatic rings. The molecule has 0 aliphatic carbocycles. The van der Waals surface area contributed by atoms with Gasteiger partial charge in [0.2, 0.25) is 0 Å². The number of carbonyl (C=O) groups excluding carboxylic acids is 1. The molecule has 0 unspecified atom stereocenters. The number of aliphatic imine (C=N–C) groups is 1. The first kappa shape index (κ1) is 24.6. The molecule has 3 rings (SSSR count). The zero-order chi connectivity index (χ0) is 25.0. The lowest BCUT2D eigenvalue weighted by Gasteiger charge is -2.12. The second-order valence-corrected chi connectivity index (χ2v) is 7.68. The number of oxime groups is 1. The minimum absolute atomic E-state index is 0.0855. The van der Waals surface area contributed by atoms with Crippen molar-refractivity contribution >= 4 is 34.5 Å². The van der Waals surface area contributed by atoms with E-state index >= 15 is 0 Å². The fourth-order valence-electron chi connectivity index (χ4n) is 3.27. The summed E-state index contributed by atoms with van der Waals surface area (Å²) in [6, 6.07) is 5.91. The average Bonchev–Trinajstić information content (AvgIpc) is 3.15. The van der Waals surface area contributed by atoms with Crippen LogP contribution >= 0.6 is 0 Å². The Morgan fingerprint density at radius 3 is 2.59 bits per heavy atom. The molecule has 1 amide bonds. The molecule has 0 radical (unpaired) electrons. The first-order chi connectivity index (χ1) is 16.1. The number of ether oxygens (including phenoxy) is 1. The largest absolute Gasteiger partial charge is 0.484 e. The highest BCUT2D eigenvalue weighted by molar-refractivity contribution is 6.07. The average molecular weight is 475 g/mol. The van der Waals surface area contributed by atoms with Crippen molar-refractivity contribution in [1.82, 2.24) is 9.47 Å². The number of carbonyl (C=O) groups is 1. The maximum absolute atomic E-state index is 14.3. The third kappa shape index (κ3) is 5.30. The van der Waals surface area contributed by atoms with Gasteiger partial charge in [0.25, 0.3) is 5.91 Å². The Kier molecular flexibility index (Phi) is 7.44. The van der Waals surface area contributed by atoms with Gasteiger partial charge in [0.1, 0.15) is 19.4 Å². The highest BCUT2D eigenvalue weighted by atomic mass is 19.2. The van der Waals surface area contributed by atoms with Crippen LogP contribution in [0, 0.1) is 24.4 Å². The molecule has 3 aromatic rings. The summed E-state index contributed by atoms with van der Waals surface area (Å²) in [5.74, 6) is -4.60. The van der Waals surface area contributed by atoms with Gasteiger partial charge >= 0.3 is 0 Å². The van der Waals surface area contributed by atoms with Crippen LogP contribution in [0.2, 0.25) is 0 Å². The molecule has 0 aliphatic heterocycles. The highest BCUT2D eigenvalue weighted by Crippen LogP contribution is 2.27. The summed E-state index contributed by atoms with van der Waals surface area (Å²) in [4.78, 5) is 23.0. The molecular weight excluding hydrogens is 451 g/mol. The highest BCUT2D eigenvalue weighted by Gasteiger charge is 2.19. The lowest BCUT2D eigenvalue weighted by atomic mass is 10.1. The lowest BCUT2D eigenvalue weighted by molar-refractivity contribution is 0.100. The Bertz CT molecular complexity index is 1280. The Morgan fingerprint density at radius 1 is 1.21 bits per heavy atom. The molecule has 0 atom stereocenters. The van der Waals surface area contributed by atoms with Crippen LogP contribution in [0.1, 0.15) is 15.9 Å². The molecule has 34 heavy (non-hydrogen) atoms. The maximum atomic E-state index is 14.3. The number of fused-ring (bicyclic) bond motifs is 1. The van der Waals surface area contributed by atoms with Gasteiger partial charge in [0.15, 0.2) is 23.2 Å². The Labute approximate surface area is 194 Å². The molecule has 1 aromatic heterocycles. The molecule has 8 nitrogen and oxygen atoms in total. The maximum Gasteiger partial charge on any atom is 0.250 e. The summed E-state index contributed by atoms with van der Waals surface area (Å²) < 4.78 is 48.6. The number of primary amides is 1. The molecular formula is C23H24F3N5O3. The minimum atomic E-state index is -1.28. The number of amides is 1. The topological polar surface area (TPSA) is 94.4 Å². The van der Waals surface area contributed by atoms with Gasteiger partial charge in [-0.2, -0.15) is 0 Å². The van der Waals surface area contributed by atoms with Crippen molar-refractivity contribution in [2.75, 3.05) is 27.8 Å². The van der Waals surface area contributed by atoms with Crippen molar-refractivity contribution in [3.63, 3.8) is 0 Å². The SMILES string of the molecule is CON=C(COc1cc(F)c(F)c(C)c1F)Cn1cc(C(N)=O)c2cc(N=CN(C)C)ccc21. The zero-order valence-corrected chi connectivity index (χ0v) is 19.1. The fraction of sp³-hybridized carbons (Fsp3) is 0.261. The monoisotopic (exact) mass is 475 g/mol. The summed E-state index contributed by atoms with van der Waals surface area (Å²) >= 11 is 0. The second kappa shape index (κ2) is 10.3. The van der Waals surface area contributed by atoms with Gasteiger partial charge in [0, 0.05) is 42.8 Å². The Morgan fingerprint density at radius 2 is 1.94 bits per heavy atom. The van der Waals surface area contributed by atoms with E-state index in [1.807, 2.05) is 14.1 Å². The zero-order valence-electron chi connectivity index (χ0n) is 19.1. The number of halogens is 3. The standard InChI is InChI=1S/C23H24F3N5O3/c1-13-21(25)18(24)8-20(22(13)26)34-11-15(29-33-4)9-31-10-17(23(27)32)16-7-14(5-6-19(16)31)28-12-30(2)3/h5-8,10,12H,9,11H2,1-4H3,(H2,27,32). The number of hydrogen-bond acceptors (Lipinski definition) is 5. The first-order valence-electron chi connectivity index (χ1n) is 10.1. The molecule has 1 heterocycles. The Hall–Kier alpha value is -4.02. The van der Waals surface area contributed by atoms with Crippen molar-refractivity contribution in [2.45, 2.75) is 13.5 Å². The molecule has 2 N–H and O–H groups in total. The molecule has 0 spiro atoms. The van der Waals surface area contributed by atoms with Crippen molar-refractivity contribution in [3.8, 4) is 5.75 Å². The van der Waals surface area contributed by atoms with Crippen LogP contribution in [0.15, 0.2) is 40.6 Å².